The van der Waals surface area contributed by atoms with Crippen molar-refractivity contribution in [2.75, 3.05) is 18.5 Å². The van der Waals surface area contributed by atoms with Gasteiger partial charge in [-0.3, -0.25) is 0 Å². The predicted octanol–water partition coefficient (Wildman–Crippen LogP) is 4.11. The van der Waals surface area contributed by atoms with Gasteiger partial charge in [0.15, 0.2) is 0 Å². The normalized spacial score (nSPS) is 15.7. The fourth-order valence-electron chi connectivity index (χ4n) is 2.97. The number of benzene rings is 2. The number of fused-ring (bicyclic) bond motifs is 1. The lowest BCUT2D eigenvalue weighted by molar-refractivity contribution is 0.178. The average molecular weight is 346 g/mol. The van der Waals surface area contributed by atoms with Gasteiger partial charge in [-0.05, 0) is 47.7 Å². The monoisotopic (exact) mass is 345 g/mol. The summed E-state index contributed by atoms with van der Waals surface area (Å²) in [6, 6.07) is 14.5. The molecule has 1 unspecified atom stereocenters. The molecule has 3 rings (SSSR count). The Kier molecular flexibility index (Phi) is 4.32. The zero-order valence-corrected chi connectivity index (χ0v) is 13.8. The Morgan fingerprint density at radius 1 is 1.19 bits per heavy atom. The highest BCUT2D eigenvalue weighted by atomic mass is 79.9. The van der Waals surface area contributed by atoms with Crippen molar-refractivity contribution >= 4 is 21.6 Å². The van der Waals surface area contributed by atoms with Gasteiger partial charge in [-0.2, -0.15) is 0 Å². The largest absolute Gasteiger partial charge is 0.388 e. The summed E-state index contributed by atoms with van der Waals surface area (Å²) in [5.41, 5.74) is 4.84. The van der Waals surface area contributed by atoms with E-state index in [1.807, 2.05) is 12.1 Å². The van der Waals surface area contributed by atoms with Crippen molar-refractivity contribution < 1.29 is 5.11 Å². The van der Waals surface area contributed by atoms with E-state index in [9.17, 15) is 5.11 Å². The third-order valence-electron chi connectivity index (χ3n) is 4.18. The van der Waals surface area contributed by atoms with Crippen LogP contribution < -0.4 is 4.90 Å². The maximum absolute atomic E-state index is 10.5. The van der Waals surface area contributed by atoms with E-state index in [2.05, 4.69) is 58.2 Å². The fourth-order valence-corrected chi connectivity index (χ4v) is 3.24. The molecule has 0 aliphatic carbocycles. The Morgan fingerprint density at radius 2 is 1.95 bits per heavy atom. The van der Waals surface area contributed by atoms with Gasteiger partial charge in [-0.25, -0.2) is 0 Å². The second-order valence-corrected chi connectivity index (χ2v) is 6.68. The molecule has 0 saturated heterocycles. The number of anilines is 1. The number of aliphatic hydroxyl groups excluding tert-OH is 1. The molecule has 0 amide bonds. The summed E-state index contributed by atoms with van der Waals surface area (Å²) in [5, 5.41) is 10.5. The minimum Gasteiger partial charge on any atom is -0.388 e. The molecule has 1 aliphatic rings. The smallest absolute Gasteiger partial charge is 0.0830 e. The highest BCUT2D eigenvalue weighted by Crippen LogP contribution is 2.29. The van der Waals surface area contributed by atoms with Crippen LogP contribution >= 0.6 is 15.9 Å². The fraction of sp³-hybridized carbons (Fsp3) is 0.333. The zero-order valence-electron chi connectivity index (χ0n) is 12.2. The summed E-state index contributed by atoms with van der Waals surface area (Å²) < 4.78 is 1.07. The number of hydrogen-bond donors (Lipinski definition) is 1. The Labute approximate surface area is 134 Å². The standard InChI is InChI=1S/C18H20BrNO/c1-20-10-2-3-14-12-15(6-9-17(14)20)18(21)11-13-4-7-16(19)8-5-13/h4-9,12,18,21H,2-3,10-11H2,1H3. The van der Waals surface area contributed by atoms with Crippen molar-refractivity contribution in [2.24, 2.45) is 0 Å². The number of nitrogens with zero attached hydrogens (tertiary/aromatic N) is 1. The second-order valence-electron chi connectivity index (χ2n) is 5.76. The van der Waals surface area contributed by atoms with E-state index in [0.29, 0.717) is 6.42 Å². The van der Waals surface area contributed by atoms with Gasteiger partial charge in [-0.15, -0.1) is 0 Å². The molecular formula is C18H20BrNO. The minimum atomic E-state index is -0.441. The Balaban J connectivity index is 1.78. The van der Waals surface area contributed by atoms with Crippen LogP contribution in [-0.4, -0.2) is 18.7 Å². The van der Waals surface area contributed by atoms with Crippen molar-refractivity contribution in [1.29, 1.82) is 0 Å². The average Bonchev–Trinajstić information content (AvgIpc) is 2.49. The first kappa shape index (κ1) is 14.6. The molecule has 1 N–H and O–H groups in total. The highest BCUT2D eigenvalue weighted by molar-refractivity contribution is 9.10. The predicted molar refractivity (Wildman–Crippen MR) is 90.8 cm³/mol. The lowest BCUT2D eigenvalue weighted by Crippen LogP contribution is -2.24. The zero-order chi connectivity index (χ0) is 14.8. The van der Waals surface area contributed by atoms with E-state index in [1.165, 1.54) is 17.7 Å². The van der Waals surface area contributed by atoms with Crippen LogP contribution in [0.1, 0.15) is 29.2 Å². The van der Waals surface area contributed by atoms with Crippen LogP contribution in [0, 0.1) is 0 Å². The molecule has 21 heavy (non-hydrogen) atoms. The van der Waals surface area contributed by atoms with Crippen molar-refractivity contribution in [3.05, 3.63) is 63.6 Å². The van der Waals surface area contributed by atoms with Gasteiger partial charge in [0.05, 0.1) is 6.10 Å². The maximum Gasteiger partial charge on any atom is 0.0830 e. The number of hydrogen-bond acceptors (Lipinski definition) is 2. The number of rotatable bonds is 3. The third-order valence-corrected chi connectivity index (χ3v) is 4.71. The molecule has 1 atom stereocenters. The van der Waals surface area contributed by atoms with Gasteiger partial charge >= 0.3 is 0 Å². The molecule has 0 spiro atoms. The first-order valence-electron chi connectivity index (χ1n) is 7.40. The maximum atomic E-state index is 10.5. The quantitative estimate of drug-likeness (QED) is 0.904. The van der Waals surface area contributed by atoms with Crippen LogP contribution in [0.5, 0.6) is 0 Å². The molecule has 2 nitrogen and oxygen atoms in total. The molecule has 3 heteroatoms. The number of aryl methyl sites for hydroxylation is 1. The van der Waals surface area contributed by atoms with Crippen LogP contribution in [-0.2, 0) is 12.8 Å². The number of aliphatic hydroxyl groups is 1. The first-order valence-corrected chi connectivity index (χ1v) is 8.19. The molecule has 0 fully saturated rings. The summed E-state index contributed by atoms with van der Waals surface area (Å²) in [6.07, 6.45) is 2.51. The summed E-state index contributed by atoms with van der Waals surface area (Å²) in [5.74, 6) is 0. The summed E-state index contributed by atoms with van der Waals surface area (Å²) in [7, 11) is 2.13. The van der Waals surface area contributed by atoms with E-state index < -0.39 is 6.10 Å². The Hall–Kier alpha value is -1.32. The molecule has 0 bridgehead atoms. The SMILES string of the molecule is CN1CCCc2cc(C(O)Cc3ccc(Br)cc3)ccc21. The van der Waals surface area contributed by atoms with Crippen molar-refractivity contribution in [1.82, 2.24) is 0 Å². The van der Waals surface area contributed by atoms with E-state index in [0.717, 1.165) is 28.6 Å². The van der Waals surface area contributed by atoms with E-state index >= 15 is 0 Å². The molecular weight excluding hydrogens is 326 g/mol. The van der Waals surface area contributed by atoms with E-state index in [-0.39, 0.29) is 0 Å². The molecule has 1 heterocycles. The van der Waals surface area contributed by atoms with Crippen molar-refractivity contribution in [2.45, 2.75) is 25.4 Å². The number of halogens is 1. The lowest BCUT2D eigenvalue weighted by Gasteiger charge is -2.28. The van der Waals surface area contributed by atoms with Gasteiger partial charge in [0.1, 0.15) is 0 Å². The lowest BCUT2D eigenvalue weighted by atomic mass is 9.95. The Bertz CT molecular complexity index is 624. The van der Waals surface area contributed by atoms with Gasteiger partial charge in [0.2, 0.25) is 0 Å². The van der Waals surface area contributed by atoms with E-state index in [4.69, 9.17) is 0 Å². The first-order chi connectivity index (χ1) is 10.1. The molecule has 2 aromatic carbocycles. The van der Waals surface area contributed by atoms with Gasteiger partial charge < -0.3 is 10.0 Å². The second kappa shape index (κ2) is 6.20. The van der Waals surface area contributed by atoms with Crippen LogP contribution in [0.25, 0.3) is 0 Å². The summed E-state index contributed by atoms with van der Waals surface area (Å²) >= 11 is 3.44. The Morgan fingerprint density at radius 3 is 2.71 bits per heavy atom. The van der Waals surface area contributed by atoms with Crippen LogP contribution in [0.2, 0.25) is 0 Å². The molecule has 0 aromatic heterocycles. The van der Waals surface area contributed by atoms with E-state index in [1.54, 1.807) is 0 Å². The molecule has 0 saturated carbocycles. The van der Waals surface area contributed by atoms with Gasteiger partial charge in [0.25, 0.3) is 0 Å². The molecule has 2 aromatic rings. The summed E-state index contributed by atoms with van der Waals surface area (Å²) in [6.45, 7) is 1.12. The van der Waals surface area contributed by atoms with Crippen LogP contribution in [0.4, 0.5) is 5.69 Å². The van der Waals surface area contributed by atoms with Crippen molar-refractivity contribution in [3.63, 3.8) is 0 Å². The molecule has 110 valence electrons. The molecule has 0 radical (unpaired) electrons. The van der Waals surface area contributed by atoms with Crippen molar-refractivity contribution in [3.8, 4) is 0 Å². The third kappa shape index (κ3) is 3.30. The van der Waals surface area contributed by atoms with Gasteiger partial charge in [0, 0.05) is 30.2 Å². The summed E-state index contributed by atoms with van der Waals surface area (Å²) in [4.78, 5) is 2.30. The highest BCUT2D eigenvalue weighted by Gasteiger charge is 2.16. The topological polar surface area (TPSA) is 23.5 Å². The van der Waals surface area contributed by atoms with Gasteiger partial charge in [-0.1, -0.05) is 40.2 Å². The van der Waals surface area contributed by atoms with Crippen LogP contribution in [0.15, 0.2) is 46.9 Å². The minimum absolute atomic E-state index is 0.441. The van der Waals surface area contributed by atoms with Crippen LogP contribution in [0.3, 0.4) is 0 Å². The molecule has 1 aliphatic heterocycles.